The summed E-state index contributed by atoms with van der Waals surface area (Å²) in [6.45, 7) is 1.02. The number of carbonyl (C=O) groups is 1. The Balaban J connectivity index is 1.48. The molecule has 2 aromatic rings. The van der Waals surface area contributed by atoms with Crippen LogP contribution in [0.15, 0.2) is 30.5 Å². The van der Waals surface area contributed by atoms with Crippen LogP contribution in [0.3, 0.4) is 0 Å². The minimum atomic E-state index is -3.50. The van der Waals surface area contributed by atoms with E-state index < -0.39 is 21.2 Å². The molecule has 6 nitrogen and oxygen atoms in total. The van der Waals surface area contributed by atoms with Crippen molar-refractivity contribution in [1.82, 2.24) is 9.29 Å². The summed E-state index contributed by atoms with van der Waals surface area (Å²) in [6, 6.07) is 8.23. The fourth-order valence-electron chi connectivity index (χ4n) is 4.92. The quantitative estimate of drug-likeness (QED) is 0.792. The Hall–Kier alpha value is -1.86. The SMILES string of the molecule is COC(=O)[C@H]1CCCC[C@@H]1S(=O)(=O)N1CCC(c2c[nH]c3ccccc23)CC1. The zero-order valence-electron chi connectivity index (χ0n) is 16.3. The van der Waals surface area contributed by atoms with Crippen molar-refractivity contribution in [3.63, 3.8) is 0 Å². The summed E-state index contributed by atoms with van der Waals surface area (Å²) in [5.74, 6) is -0.567. The molecule has 0 radical (unpaired) electrons. The standard InChI is InChI=1S/C21H28N2O4S/c1-27-21(24)17-7-3-5-9-20(17)28(25,26)23-12-10-15(11-13-23)18-14-22-19-8-4-2-6-16(18)19/h2,4,6,8,14-15,17,20,22H,3,5,7,9-13H2,1H3/t17-,20-/m0/s1. The van der Waals surface area contributed by atoms with Gasteiger partial charge in [-0.25, -0.2) is 12.7 Å². The summed E-state index contributed by atoms with van der Waals surface area (Å²) in [5.41, 5.74) is 2.40. The number of para-hydroxylation sites is 1. The number of rotatable bonds is 4. The van der Waals surface area contributed by atoms with E-state index in [1.807, 2.05) is 12.1 Å². The van der Waals surface area contributed by atoms with Gasteiger partial charge in [0.05, 0.1) is 18.3 Å². The number of methoxy groups -OCH3 is 1. The van der Waals surface area contributed by atoms with Crippen molar-refractivity contribution in [3.8, 4) is 0 Å². The Morgan fingerprint density at radius 2 is 1.82 bits per heavy atom. The van der Waals surface area contributed by atoms with E-state index in [0.29, 0.717) is 31.8 Å². The zero-order valence-corrected chi connectivity index (χ0v) is 17.1. The molecule has 1 aromatic heterocycles. The van der Waals surface area contributed by atoms with Crippen LogP contribution in [-0.2, 0) is 19.6 Å². The third kappa shape index (κ3) is 3.46. The minimum Gasteiger partial charge on any atom is -0.469 e. The van der Waals surface area contributed by atoms with Crippen molar-refractivity contribution in [3.05, 3.63) is 36.0 Å². The summed E-state index contributed by atoms with van der Waals surface area (Å²) in [7, 11) is -2.16. The summed E-state index contributed by atoms with van der Waals surface area (Å²) in [6.07, 6.45) is 6.55. The lowest BCUT2D eigenvalue weighted by atomic mass is 9.89. The molecule has 2 aliphatic rings. The maximum Gasteiger partial charge on any atom is 0.310 e. The molecule has 1 saturated heterocycles. The molecule has 1 aliphatic heterocycles. The summed E-state index contributed by atoms with van der Waals surface area (Å²) < 4.78 is 33.1. The van der Waals surface area contributed by atoms with Crippen LogP contribution in [-0.4, -0.2) is 49.1 Å². The molecule has 1 saturated carbocycles. The van der Waals surface area contributed by atoms with E-state index in [1.54, 1.807) is 4.31 Å². The van der Waals surface area contributed by atoms with E-state index in [9.17, 15) is 13.2 Å². The van der Waals surface area contributed by atoms with Crippen LogP contribution in [0.4, 0.5) is 0 Å². The van der Waals surface area contributed by atoms with Crippen LogP contribution in [0.2, 0.25) is 0 Å². The van der Waals surface area contributed by atoms with Gasteiger partial charge in [-0.2, -0.15) is 0 Å². The lowest BCUT2D eigenvalue weighted by molar-refractivity contribution is -0.146. The molecule has 1 N–H and O–H groups in total. The second-order valence-corrected chi connectivity index (χ2v) is 10.1. The van der Waals surface area contributed by atoms with Gasteiger partial charge in [-0.05, 0) is 43.2 Å². The number of hydrogen-bond acceptors (Lipinski definition) is 4. The number of carbonyl (C=O) groups excluding carboxylic acids is 1. The maximum atomic E-state index is 13.3. The highest BCUT2D eigenvalue weighted by molar-refractivity contribution is 7.89. The number of aromatic amines is 1. The van der Waals surface area contributed by atoms with Crippen molar-refractivity contribution in [2.75, 3.05) is 20.2 Å². The van der Waals surface area contributed by atoms with Gasteiger partial charge in [0.15, 0.2) is 0 Å². The number of ether oxygens (including phenoxy) is 1. The van der Waals surface area contributed by atoms with Crippen LogP contribution < -0.4 is 0 Å². The van der Waals surface area contributed by atoms with Gasteiger partial charge in [0.25, 0.3) is 0 Å². The number of aromatic nitrogens is 1. The second-order valence-electron chi connectivity index (χ2n) is 7.96. The molecule has 2 heterocycles. The Kier molecular flexibility index (Phi) is 5.47. The van der Waals surface area contributed by atoms with Gasteiger partial charge in [-0.15, -0.1) is 0 Å². The number of H-pyrrole nitrogens is 1. The van der Waals surface area contributed by atoms with Crippen LogP contribution in [0.5, 0.6) is 0 Å². The first kappa shape index (κ1) is 19.5. The first-order chi connectivity index (χ1) is 13.5. The van der Waals surface area contributed by atoms with Gasteiger partial charge in [0.2, 0.25) is 10.0 Å². The van der Waals surface area contributed by atoms with E-state index >= 15 is 0 Å². The number of sulfonamides is 1. The first-order valence-corrected chi connectivity index (χ1v) is 11.7. The average Bonchev–Trinajstić information content (AvgIpc) is 3.17. The van der Waals surface area contributed by atoms with E-state index in [4.69, 9.17) is 4.74 Å². The van der Waals surface area contributed by atoms with E-state index in [0.717, 1.165) is 31.2 Å². The maximum absolute atomic E-state index is 13.3. The Morgan fingerprint density at radius 3 is 2.57 bits per heavy atom. The predicted octanol–water partition coefficient (Wildman–Crippen LogP) is 3.41. The number of hydrogen-bond donors (Lipinski definition) is 1. The van der Waals surface area contributed by atoms with Crippen LogP contribution in [0.25, 0.3) is 10.9 Å². The molecular formula is C21H28N2O4S. The zero-order chi connectivity index (χ0) is 19.7. The first-order valence-electron chi connectivity index (χ1n) is 10.1. The van der Waals surface area contributed by atoms with Gasteiger partial charge < -0.3 is 9.72 Å². The average molecular weight is 405 g/mol. The molecule has 0 unspecified atom stereocenters. The lowest BCUT2D eigenvalue weighted by Crippen LogP contribution is -2.48. The van der Waals surface area contributed by atoms with Gasteiger partial charge >= 0.3 is 5.97 Å². The van der Waals surface area contributed by atoms with E-state index in [1.165, 1.54) is 18.1 Å². The van der Waals surface area contributed by atoms with Crippen LogP contribution >= 0.6 is 0 Å². The molecule has 0 spiro atoms. The molecular weight excluding hydrogens is 376 g/mol. The minimum absolute atomic E-state index is 0.352. The van der Waals surface area contributed by atoms with E-state index in [2.05, 4.69) is 23.3 Å². The number of nitrogens with zero attached hydrogens (tertiary/aromatic N) is 1. The fraction of sp³-hybridized carbons (Fsp3) is 0.571. The molecule has 4 rings (SSSR count). The molecule has 1 aromatic carbocycles. The molecule has 152 valence electrons. The highest BCUT2D eigenvalue weighted by atomic mass is 32.2. The van der Waals surface area contributed by atoms with Crippen LogP contribution in [0, 0.1) is 5.92 Å². The molecule has 2 atom stereocenters. The Morgan fingerprint density at radius 1 is 1.11 bits per heavy atom. The van der Waals surface area contributed by atoms with Gasteiger partial charge in [-0.3, -0.25) is 4.79 Å². The third-order valence-corrected chi connectivity index (χ3v) is 8.88. The van der Waals surface area contributed by atoms with Gasteiger partial charge in [0.1, 0.15) is 0 Å². The summed E-state index contributed by atoms with van der Waals surface area (Å²) in [4.78, 5) is 15.5. The number of esters is 1. The molecule has 7 heteroatoms. The van der Waals surface area contributed by atoms with Crippen LogP contribution in [0.1, 0.15) is 50.0 Å². The molecule has 28 heavy (non-hydrogen) atoms. The third-order valence-electron chi connectivity index (χ3n) is 6.46. The molecule has 1 aliphatic carbocycles. The Bertz CT molecular complexity index is 944. The predicted molar refractivity (Wildman–Crippen MR) is 109 cm³/mol. The topological polar surface area (TPSA) is 79.5 Å². The van der Waals surface area contributed by atoms with Crippen molar-refractivity contribution < 1.29 is 17.9 Å². The monoisotopic (exact) mass is 404 g/mol. The second kappa shape index (κ2) is 7.87. The van der Waals surface area contributed by atoms with Gasteiger partial charge in [-0.1, -0.05) is 31.0 Å². The number of benzene rings is 1. The van der Waals surface area contributed by atoms with Crippen molar-refractivity contribution in [1.29, 1.82) is 0 Å². The number of piperidine rings is 1. The Labute approximate surface area is 166 Å². The van der Waals surface area contributed by atoms with E-state index in [-0.39, 0.29) is 5.97 Å². The normalized spacial score (nSPS) is 25.0. The summed E-state index contributed by atoms with van der Waals surface area (Å²) in [5, 5.41) is 0.584. The molecule has 0 amide bonds. The molecule has 2 fully saturated rings. The number of nitrogens with one attached hydrogen (secondary N) is 1. The fourth-order valence-corrected chi connectivity index (χ4v) is 7.15. The molecule has 0 bridgehead atoms. The summed E-state index contributed by atoms with van der Waals surface area (Å²) >= 11 is 0. The number of fused-ring (bicyclic) bond motifs is 1. The smallest absolute Gasteiger partial charge is 0.310 e. The highest BCUT2D eigenvalue weighted by Gasteiger charge is 2.44. The van der Waals surface area contributed by atoms with Crippen molar-refractivity contribution in [2.24, 2.45) is 5.92 Å². The highest BCUT2D eigenvalue weighted by Crippen LogP contribution is 2.37. The largest absolute Gasteiger partial charge is 0.469 e. The lowest BCUT2D eigenvalue weighted by Gasteiger charge is -2.37. The van der Waals surface area contributed by atoms with Crippen molar-refractivity contribution >= 4 is 26.9 Å². The van der Waals surface area contributed by atoms with Crippen molar-refractivity contribution in [2.45, 2.75) is 49.7 Å². The van der Waals surface area contributed by atoms with Gasteiger partial charge in [0, 0.05) is 30.2 Å².